The highest BCUT2D eigenvalue weighted by atomic mass is 16.5. The first kappa shape index (κ1) is 14.5. The molecule has 0 saturated heterocycles. The van der Waals surface area contributed by atoms with Crippen molar-refractivity contribution in [3.63, 3.8) is 0 Å². The zero-order valence-corrected chi connectivity index (χ0v) is 11.8. The number of nitrogens with one attached hydrogen (secondary N) is 2. The maximum absolute atomic E-state index is 11.6. The first-order valence-electron chi connectivity index (χ1n) is 6.12. The zero-order chi connectivity index (χ0) is 13.7. The van der Waals surface area contributed by atoms with Crippen molar-refractivity contribution in [2.75, 3.05) is 14.2 Å². The lowest BCUT2D eigenvalue weighted by Gasteiger charge is -2.16. The number of methoxy groups -OCH3 is 1. The van der Waals surface area contributed by atoms with Crippen molar-refractivity contribution in [2.45, 2.75) is 33.1 Å². The molecule has 0 atom stereocenters. The van der Waals surface area contributed by atoms with Crippen LogP contribution in [0.4, 0.5) is 0 Å². The number of hydrazine groups is 1. The maximum atomic E-state index is 11.6. The van der Waals surface area contributed by atoms with E-state index in [-0.39, 0.29) is 5.91 Å². The third kappa shape index (κ3) is 3.47. The van der Waals surface area contributed by atoms with Crippen LogP contribution in [-0.2, 0) is 11.2 Å². The van der Waals surface area contributed by atoms with Crippen molar-refractivity contribution in [3.05, 3.63) is 28.8 Å². The van der Waals surface area contributed by atoms with Crippen molar-refractivity contribution < 1.29 is 9.53 Å². The van der Waals surface area contributed by atoms with Gasteiger partial charge in [-0.1, -0.05) is 19.9 Å². The fourth-order valence-corrected chi connectivity index (χ4v) is 1.92. The molecule has 0 aliphatic rings. The van der Waals surface area contributed by atoms with Crippen LogP contribution in [0.2, 0.25) is 0 Å². The molecule has 0 saturated carbocycles. The van der Waals surface area contributed by atoms with Crippen LogP contribution < -0.4 is 15.6 Å². The van der Waals surface area contributed by atoms with Crippen molar-refractivity contribution in [1.82, 2.24) is 10.9 Å². The normalized spacial score (nSPS) is 10.6. The highest BCUT2D eigenvalue weighted by Crippen LogP contribution is 2.29. The fraction of sp³-hybridized carbons (Fsp3) is 0.500. The monoisotopic (exact) mass is 250 g/mol. The van der Waals surface area contributed by atoms with Gasteiger partial charge in [-0.15, -0.1) is 0 Å². The highest BCUT2D eigenvalue weighted by Gasteiger charge is 2.13. The first-order valence-corrected chi connectivity index (χ1v) is 6.12. The van der Waals surface area contributed by atoms with Gasteiger partial charge in [-0.25, -0.2) is 5.43 Å². The molecule has 0 aliphatic carbocycles. The number of amides is 1. The number of aryl methyl sites for hydroxylation is 1. The molecule has 0 aromatic heterocycles. The van der Waals surface area contributed by atoms with Crippen LogP contribution >= 0.6 is 0 Å². The second-order valence-corrected chi connectivity index (χ2v) is 4.65. The predicted molar refractivity (Wildman–Crippen MR) is 72.7 cm³/mol. The SMILES string of the molecule is CNNC(=O)Cc1cc(C(C)C)c(OC)cc1C. The molecular weight excluding hydrogens is 228 g/mol. The van der Waals surface area contributed by atoms with Gasteiger partial charge in [0.25, 0.3) is 0 Å². The van der Waals surface area contributed by atoms with Crippen LogP contribution in [0.5, 0.6) is 5.75 Å². The van der Waals surface area contributed by atoms with Gasteiger partial charge < -0.3 is 4.74 Å². The van der Waals surface area contributed by atoms with Gasteiger partial charge in [0.2, 0.25) is 5.91 Å². The fourth-order valence-electron chi connectivity index (χ4n) is 1.92. The minimum atomic E-state index is -0.0412. The lowest BCUT2D eigenvalue weighted by atomic mass is 9.95. The van der Waals surface area contributed by atoms with E-state index >= 15 is 0 Å². The van der Waals surface area contributed by atoms with Gasteiger partial charge in [0.05, 0.1) is 13.5 Å². The molecule has 1 aromatic rings. The molecule has 0 spiro atoms. The summed E-state index contributed by atoms with van der Waals surface area (Å²) in [6, 6.07) is 4.06. The number of hydrogen-bond acceptors (Lipinski definition) is 3. The molecule has 0 heterocycles. The van der Waals surface area contributed by atoms with Crippen molar-refractivity contribution >= 4 is 5.91 Å². The molecule has 2 N–H and O–H groups in total. The van der Waals surface area contributed by atoms with Crippen molar-refractivity contribution in [2.24, 2.45) is 0 Å². The molecule has 0 bridgehead atoms. The van der Waals surface area contributed by atoms with Crippen LogP contribution in [0.3, 0.4) is 0 Å². The van der Waals surface area contributed by atoms with Gasteiger partial charge in [-0.2, -0.15) is 0 Å². The quantitative estimate of drug-likeness (QED) is 0.785. The van der Waals surface area contributed by atoms with Crippen molar-refractivity contribution in [1.29, 1.82) is 0 Å². The number of carbonyl (C=O) groups is 1. The molecular formula is C14H22N2O2. The smallest absolute Gasteiger partial charge is 0.238 e. The summed E-state index contributed by atoms with van der Waals surface area (Å²) >= 11 is 0. The van der Waals surface area contributed by atoms with Gasteiger partial charge >= 0.3 is 0 Å². The van der Waals surface area contributed by atoms with E-state index in [4.69, 9.17) is 4.74 Å². The Morgan fingerprint density at radius 1 is 1.39 bits per heavy atom. The van der Waals surface area contributed by atoms with E-state index in [0.717, 1.165) is 22.4 Å². The summed E-state index contributed by atoms with van der Waals surface area (Å²) < 4.78 is 5.38. The summed E-state index contributed by atoms with van der Waals surface area (Å²) in [6.07, 6.45) is 0.371. The van der Waals surface area contributed by atoms with E-state index in [0.29, 0.717) is 12.3 Å². The Bertz CT molecular complexity index is 428. The molecule has 4 heteroatoms. The van der Waals surface area contributed by atoms with Crippen LogP contribution in [0.25, 0.3) is 0 Å². The number of rotatable bonds is 5. The Morgan fingerprint density at radius 2 is 2.06 bits per heavy atom. The Hall–Kier alpha value is -1.55. The van der Waals surface area contributed by atoms with Gasteiger partial charge in [0.1, 0.15) is 5.75 Å². The van der Waals surface area contributed by atoms with Crippen LogP contribution in [0.1, 0.15) is 36.5 Å². The zero-order valence-electron chi connectivity index (χ0n) is 11.8. The topological polar surface area (TPSA) is 50.4 Å². The number of carbonyl (C=O) groups excluding carboxylic acids is 1. The van der Waals surface area contributed by atoms with Crippen LogP contribution in [0.15, 0.2) is 12.1 Å². The summed E-state index contributed by atoms with van der Waals surface area (Å²) in [5.74, 6) is 1.22. The minimum absolute atomic E-state index is 0.0412. The highest BCUT2D eigenvalue weighted by molar-refractivity contribution is 5.78. The summed E-state index contributed by atoms with van der Waals surface area (Å²) in [5, 5.41) is 0. The summed E-state index contributed by atoms with van der Waals surface area (Å²) in [4.78, 5) is 11.6. The largest absolute Gasteiger partial charge is 0.496 e. The molecule has 0 radical (unpaired) electrons. The molecule has 100 valence electrons. The third-order valence-electron chi connectivity index (χ3n) is 2.93. The van der Waals surface area contributed by atoms with E-state index in [1.54, 1.807) is 14.2 Å². The van der Waals surface area contributed by atoms with Gasteiger partial charge in [-0.05, 0) is 35.6 Å². The molecule has 1 amide bonds. The third-order valence-corrected chi connectivity index (χ3v) is 2.93. The summed E-state index contributed by atoms with van der Waals surface area (Å²) in [6.45, 7) is 6.23. The second kappa shape index (κ2) is 6.40. The predicted octanol–water partition coefficient (Wildman–Crippen LogP) is 1.92. The maximum Gasteiger partial charge on any atom is 0.238 e. The average molecular weight is 250 g/mol. The van der Waals surface area contributed by atoms with E-state index in [9.17, 15) is 4.79 Å². The lowest BCUT2D eigenvalue weighted by molar-refractivity contribution is -0.121. The van der Waals surface area contributed by atoms with Crippen molar-refractivity contribution in [3.8, 4) is 5.75 Å². The Balaban J connectivity index is 3.05. The Labute approximate surface area is 109 Å². The molecule has 0 unspecified atom stereocenters. The molecule has 0 fully saturated rings. The van der Waals surface area contributed by atoms with Crippen LogP contribution in [0, 0.1) is 6.92 Å². The molecule has 18 heavy (non-hydrogen) atoms. The van der Waals surface area contributed by atoms with E-state index in [1.165, 1.54) is 0 Å². The van der Waals surface area contributed by atoms with Crippen LogP contribution in [-0.4, -0.2) is 20.1 Å². The summed E-state index contributed by atoms with van der Waals surface area (Å²) in [7, 11) is 3.35. The molecule has 4 nitrogen and oxygen atoms in total. The van der Waals surface area contributed by atoms with Gasteiger partial charge in [-0.3, -0.25) is 10.2 Å². The standard InChI is InChI=1S/C14H22N2O2/c1-9(2)12-7-11(8-14(17)16-15-4)10(3)6-13(12)18-5/h6-7,9,15H,8H2,1-5H3,(H,16,17). The number of ether oxygens (including phenoxy) is 1. The Kier molecular flexibility index (Phi) is 5.16. The lowest BCUT2D eigenvalue weighted by Crippen LogP contribution is -2.35. The van der Waals surface area contributed by atoms with E-state index in [1.807, 2.05) is 13.0 Å². The van der Waals surface area contributed by atoms with Gasteiger partial charge in [0.15, 0.2) is 0 Å². The molecule has 1 rings (SSSR count). The Morgan fingerprint density at radius 3 is 2.56 bits per heavy atom. The number of benzene rings is 1. The second-order valence-electron chi connectivity index (χ2n) is 4.65. The summed E-state index contributed by atoms with van der Waals surface area (Å²) in [5.41, 5.74) is 8.46. The van der Waals surface area contributed by atoms with Gasteiger partial charge in [0, 0.05) is 7.05 Å². The van der Waals surface area contributed by atoms with E-state index < -0.39 is 0 Å². The average Bonchev–Trinajstić information content (AvgIpc) is 2.31. The minimum Gasteiger partial charge on any atom is -0.496 e. The molecule has 1 aromatic carbocycles. The molecule has 0 aliphatic heterocycles. The van der Waals surface area contributed by atoms with E-state index in [2.05, 4.69) is 30.8 Å². The first-order chi connectivity index (χ1) is 8.49. The number of hydrogen-bond donors (Lipinski definition) is 2.